The molecule has 3 aromatic rings. The molecule has 0 fully saturated rings. The highest BCUT2D eigenvalue weighted by atomic mass is 16.2. The Balaban J connectivity index is 1.94. The zero-order valence-corrected chi connectivity index (χ0v) is 11.4. The molecular weight excluding hydrogens is 268 g/mol. The van der Waals surface area contributed by atoms with Gasteiger partial charge in [-0.15, -0.1) is 0 Å². The minimum absolute atomic E-state index is 0.275. The van der Waals surface area contributed by atoms with Crippen LogP contribution < -0.4 is 10.6 Å². The molecule has 7 nitrogen and oxygen atoms in total. The number of urea groups is 1. The number of fused-ring (bicyclic) bond motifs is 1. The number of hydrogen-bond donors (Lipinski definition) is 3. The predicted octanol–water partition coefficient (Wildman–Crippen LogP) is 2.16. The van der Waals surface area contributed by atoms with Crippen LogP contribution in [0.3, 0.4) is 0 Å². The average molecular weight is 282 g/mol. The molecule has 0 radical (unpaired) electrons. The fraction of sp³-hybridized carbons (Fsp3) is 0.143. The van der Waals surface area contributed by atoms with E-state index in [0.29, 0.717) is 17.9 Å². The quantitative estimate of drug-likeness (QED) is 0.686. The summed E-state index contributed by atoms with van der Waals surface area (Å²) in [6.07, 6.45) is 5.28. The normalized spacial score (nSPS) is 10.5. The molecule has 0 aliphatic carbocycles. The van der Waals surface area contributed by atoms with Crippen molar-refractivity contribution < 1.29 is 4.79 Å². The van der Waals surface area contributed by atoms with Crippen molar-refractivity contribution in [3.8, 4) is 11.1 Å². The lowest BCUT2D eigenvalue weighted by Crippen LogP contribution is -2.28. The summed E-state index contributed by atoms with van der Waals surface area (Å²) in [6.45, 7) is 2.42. The van der Waals surface area contributed by atoms with Gasteiger partial charge in [-0.1, -0.05) is 0 Å². The van der Waals surface area contributed by atoms with E-state index in [1.165, 1.54) is 0 Å². The van der Waals surface area contributed by atoms with E-state index in [-0.39, 0.29) is 6.03 Å². The van der Waals surface area contributed by atoms with Crippen molar-refractivity contribution in [3.05, 3.63) is 36.8 Å². The maximum absolute atomic E-state index is 11.5. The van der Waals surface area contributed by atoms with E-state index in [1.54, 1.807) is 24.7 Å². The summed E-state index contributed by atoms with van der Waals surface area (Å²) in [4.78, 5) is 20.3. The average Bonchev–Trinajstić information content (AvgIpc) is 3.01. The third kappa shape index (κ3) is 2.81. The number of aromatic nitrogens is 4. The zero-order valence-electron chi connectivity index (χ0n) is 11.4. The number of pyridine rings is 2. The fourth-order valence-electron chi connectivity index (χ4n) is 1.96. The van der Waals surface area contributed by atoms with Gasteiger partial charge >= 0.3 is 6.03 Å². The maximum atomic E-state index is 11.5. The maximum Gasteiger partial charge on any atom is 0.320 e. The Morgan fingerprint density at radius 1 is 1.24 bits per heavy atom. The molecule has 0 unspecified atom stereocenters. The van der Waals surface area contributed by atoms with Gasteiger partial charge in [0.15, 0.2) is 0 Å². The number of aromatic amines is 1. The number of nitrogens with one attached hydrogen (secondary N) is 3. The number of rotatable bonds is 3. The second-order valence-electron chi connectivity index (χ2n) is 4.43. The monoisotopic (exact) mass is 282 g/mol. The number of anilines is 1. The summed E-state index contributed by atoms with van der Waals surface area (Å²) < 4.78 is 0. The first-order valence-electron chi connectivity index (χ1n) is 6.57. The molecule has 0 aliphatic rings. The predicted molar refractivity (Wildman–Crippen MR) is 79.8 cm³/mol. The van der Waals surface area contributed by atoms with Crippen molar-refractivity contribution in [3.63, 3.8) is 0 Å². The number of amides is 2. The lowest BCUT2D eigenvalue weighted by atomic mass is 10.1. The molecule has 7 heteroatoms. The van der Waals surface area contributed by atoms with Crippen LogP contribution in [0.4, 0.5) is 10.6 Å². The van der Waals surface area contributed by atoms with Crippen molar-refractivity contribution in [2.24, 2.45) is 0 Å². The fourth-order valence-corrected chi connectivity index (χ4v) is 1.96. The second-order valence-corrected chi connectivity index (χ2v) is 4.43. The third-order valence-electron chi connectivity index (χ3n) is 2.95. The molecule has 0 bridgehead atoms. The van der Waals surface area contributed by atoms with Gasteiger partial charge in [-0.05, 0) is 25.1 Å². The zero-order chi connectivity index (χ0) is 14.7. The van der Waals surface area contributed by atoms with Crippen LogP contribution in [0.1, 0.15) is 6.92 Å². The highest BCUT2D eigenvalue weighted by Crippen LogP contribution is 2.21. The Hall–Kier alpha value is -2.96. The molecule has 2 amide bonds. The molecule has 106 valence electrons. The van der Waals surface area contributed by atoms with Crippen molar-refractivity contribution in [2.75, 3.05) is 11.9 Å². The Morgan fingerprint density at radius 3 is 2.90 bits per heavy atom. The van der Waals surface area contributed by atoms with Gasteiger partial charge in [0.1, 0.15) is 5.82 Å². The summed E-state index contributed by atoms with van der Waals surface area (Å²) in [5, 5.41) is 12.0. The highest BCUT2D eigenvalue weighted by Gasteiger charge is 2.06. The minimum atomic E-state index is -0.275. The van der Waals surface area contributed by atoms with Gasteiger partial charge < -0.3 is 5.32 Å². The van der Waals surface area contributed by atoms with Gasteiger partial charge in [0.2, 0.25) is 0 Å². The van der Waals surface area contributed by atoms with Crippen LogP contribution in [0.5, 0.6) is 0 Å². The molecular formula is C14H14N6O. The molecule has 0 aliphatic heterocycles. The number of H-pyrrole nitrogens is 1. The van der Waals surface area contributed by atoms with Crippen LogP contribution in [-0.2, 0) is 0 Å². The molecule has 3 N–H and O–H groups in total. The van der Waals surface area contributed by atoms with Crippen LogP contribution in [0.25, 0.3) is 22.2 Å². The van der Waals surface area contributed by atoms with Gasteiger partial charge in [0.25, 0.3) is 0 Å². The van der Waals surface area contributed by atoms with Crippen molar-refractivity contribution in [1.82, 2.24) is 25.5 Å². The topological polar surface area (TPSA) is 95.6 Å². The SMILES string of the molecule is CCNC(=O)Nc1ccc2ncc(-c3cn[nH]c3)cc2n1. The van der Waals surface area contributed by atoms with Crippen molar-refractivity contribution in [1.29, 1.82) is 0 Å². The summed E-state index contributed by atoms with van der Waals surface area (Å²) in [7, 11) is 0. The lowest BCUT2D eigenvalue weighted by molar-refractivity contribution is 0.252. The van der Waals surface area contributed by atoms with Crippen LogP contribution >= 0.6 is 0 Å². The van der Waals surface area contributed by atoms with Crippen LogP contribution in [0.15, 0.2) is 36.8 Å². The van der Waals surface area contributed by atoms with Crippen molar-refractivity contribution in [2.45, 2.75) is 6.92 Å². The Kier molecular flexibility index (Phi) is 3.46. The summed E-state index contributed by atoms with van der Waals surface area (Å²) >= 11 is 0. The van der Waals surface area contributed by atoms with Gasteiger partial charge in [-0.25, -0.2) is 9.78 Å². The first kappa shape index (κ1) is 13.0. The van der Waals surface area contributed by atoms with Crippen LogP contribution in [0, 0.1) is 0 Å². The molecule has 21 heavy (non-hydrogen) atoms. The van der Waals surface area contributed by atoms with E-state index >= 15 is 0 Å². The number of nitrogens with zero attached hydrogens (tertiary/aromatic N) is 3. The highest BCUT2D eigenvalue weighted by molar-refractivity contribution is 5.90. The van der Waals surface area contributed by atoms with Gasteiger partial charge in [0, 0.05) is 30.1 Å². The first-order valence-corrected chi connectivity index (χ1v) is 6.57. The molecule has 0 saturated heterocycles. The smallest absolute Gasteiger partial charge is 0.320 e. The second kappa shape index (κ2) is 5.58. The van der Waals surface area contributed by atoms with Gasteiger partial charge in [-0.2, -0.15) is 5.10 Å². The molecule has 3 rings (SSSR count). The summed E-state index contributed by atoms with van der Waals surface area (Å²) in [6, 6.07) is 5.18. The van der Waals surface area contributed by atoms with Crippen LogP contribution in [-0.4, -0.2) is 32.7 Å². The van der Waals surface area contributed by atoms with E-state index in [2.05, 4.69) is 30.8 Å². The van der Waals surface area contributed by atoms with Crippen LogP contribution in [0.2, 0.25) is 0 Å². The summed E-state index contributed by atoms with van der Waals surface area (Å²) in [5.41, 5.74) is 3.33. The molecule has 3 heterocycles. The van der Waals surface area contributed by atoms with Crippen molar-refractivity contribution >= 4 is 22.9 Å². The minimum Gasteiger partial charge on any atom is -0.338 e. The summed E-state index contributed by atoms with van der Waals surface area (Å²) in [5.74, 6) is 0.486. The van der Waals surface area contributed by atoms with E-state index in [1.807, 2.05) is 19.1 Å². The molecule has 3 aromatic heterocycles. The largest absolute Gasteiger partial charge is 0.338 e. The van der Waals surface area contributed by atoms with Gasteiger partial charge in [-0.3, -0.25) is 15.4 Å². The van der Waals surface area contributed by atoms with E-state index in [0.717, 1.165) is 16.6 Å². The molecule has 0 aromatic carbocycles. The lowest BCUT2D eigenvalue weighted by Gasteiger charge is -2.06. The molecule has 0 spiro atoms. The first-order chi connectivity index (χ1) is 10.3. The third-order valence-corrected chi connectivity index (χ3v) is 2.95. The standard InChI is InChI=1S/C14H14N6O/c1-2-15-14(21)20-13-4-3-11-12(19-13)5-9(6-16-11)10-7-17-18-8-10/h3-8H,2H2,1H3,(H,17,18)(H2,15,19,20,21). The Morgan fingerprint density at radius 2 is 2.14 bits per heavy atom. The molecule has 0 atom stereocenters. The molecule has 0 saturated carbocycles. The van der Waals surface area contributed by atoms with E-state index in [9.17, 15) is 4.79 Å². The number of hydrogen-bond acceptors (Lipinski definition) is 4. The number of carbonyl (C=O) groups excluding carboxylic acids is 1. The van der Waals surface area contributed by atoms with E-state index < -0.39 is 0 Å². The van der Waals surface area contributed by atoms with Gasteiger partial charge in [0.05, 0.1) is 17.2 Å². The Labute approximate surface area is 120 Å². The number of carbonyl (C=O) groups is 1. The Bertz CT molecular complexity index is 768. The van der Waals surface area contributed by atoms with E-state index in [4.69, 9.17) is 0 Å².